The summed E-state index contributed by atoms with van der Waals surface area (Å²) in [6.45, 7) is 22.6. The zero-order chi connectivity index (χ0) is 24.9. The molecule has 1 aromatic carbocycles. The van der Waals surface area contributed by atoms with E-state index in [4.69, 9.17) is 0 Å². The Labute approximate surface area is 203 Å². The predicted octanol–water partition coefficient (Wildman–Crippen LogP) is 7.00. The molecule has 1 N–H and O–H groups in total. The van der Waals surface area contributed by atoms with Crippen molar-refractivity contribution in [2.24, 2.45) is 4.99 Å². The zero-order valence-electron chi connectivity index (χ0n) is 19.4. The summed E-state index contributed by atoms with van der Waals surface area (Å²) in [6, 6.07) is 5.26. The number of rotatable bonds is 12. The van der Waals surface area contributed by atoms with Crippen LogP contribution in [0.4, 0.5) is 11.4 Å². The summed E-state index contributed by atoms with van der Waals surface area (Å²) >= 11 is 0. The molecule has 0 amide bonds. The molecule has 4 nitrogen and oxygen atoms in total. The third-order valence-electron chi connectivity index (χ3n) is 4.80. The van der Waals surface area contributed by atoms with Gasteiger partial charge in [-0.2, -0.15) is 0 Å². The number of nitrogens with zero attached hydrogens (tertiary/aromatic N) is 3. The number of aliphatic imine (C=N–C) groups is 1. The van der Waals surface area contributed by atoms with Crippen molar-refractivity contribution in [3.05, 3.63) is 154 Å². The fourth-order valence-electron chi connectivity index (χ4n) is 3.58. The number of anilines is 2. The van der Waals surface area contributed by atoms with E-state index < -0.39 is 0 Å². The smallest absolute Gasteiger partial charge is 0.421 e. The first-order chi connectivity index (χ1) is 16.6. The van der Waals surface area contributed by atoms with Crippen LogP contribution < -0.4 is 9.62 Å². The molecule has 0 fully saturated rings. The lowest BCUT2D eigenvalue weighted by Gasteiger charge is -2.31. The van der Waals surface area contributed by atoms with Crippen molar-refractivity contribution in [2.45, 2.75) is 0 Å². The standard InChI is InChI=1S/C29H30BN3O/c1-7-13-18-24(15-9-3)30-32(25(16-10-4)19-14-8-2)27-21-20-26(34)23-28(27)33(30)29(17-11-5)31-22-12-6/h7-23,34H,1-6H2/b18-13-,19-14-,24-15+,25-16+,29-17+,31-22?. The van der Waals surface area contributed by atoms with Crippen molar-refractivity contribution in [1.82, 2.24) is 0 Å². The van der Waals surface area contributed by atoms with Crippen LogP contribution in [0, 0.1) is 0 Å². The second kappa shape index (κ2) is 13.1. The molecular formula is C29H30BN3O. The minimum Gasteiger partial charge on any atom is -0.508 e. The van der Waals surface area contributed by atoms with E-state index in [0.29, 0.717) is 5.82 Å². The predicted molar refractivity (Wildman–Crippen MR) is 151 cm³/mol. The zero-order valence-corrected chi connectivity index (χ0v) is 19.4. The van der Waals surface area contributed by atoms with E-state index >= 15 is 0 Å². The summed E-state index contributed by atoms with van der Waals surface area (Å²) in [7, 11) is 0. The largest absolute Gasteiger partial charge is 0.508 e. The summed E-state index contributed by atoms with van der Waals surface area (Å²) in [5, 5.41) is 10.4. The molecule has 0 aliphatic carbocycles. The van der Waals surface area contributed by atoms with Gasteiger partial charge in [-0.15, -0.1) is 0 Å². The quantitative estimate of drug-likeness (QED) is 0.213. The van der Waals surface area contributed by atoms with Crippen molar-refractivity contribution in [2.75, 3.05) is 9.62 Å². The van der Waals surface area contributed by atoms with Crippen molar-refractivity contribution >= 4 is 24.6 Å². The molecule has 2 rings (SSSR count). The fourth-order valence-corrected chi connectivity index (χ4v) is 3.58. The van der Waals surface area contributed by atoms with Crippen molar-refractivity contribution < 1.29 is 5.11 Å². The van der Waals surface area contributed by atoms with Crippen LogP contribution in [0.2, 0.25) is 0 Å². The van der Waals surface area contributed by atoms with E-state index in [2.05, 4.69) is 49.3 Å². The number of hydrogen-bond donors (Lipinski definition) is 1. The second-order valence-electron chi connectivity index (χ2n) is 6.98. The minimum absolute atomic E-state index is 0.141. The van der Waals surface area contributed by atoms with Gasteiger partial charge in [-0.3, -0.25) is 0 Å². The maximum atomic E-state index is 10.4. The lowest BCUT2D eigenvalue weighted by Crippen LogP contribution is -2.48. The van der Waals surface area contributed by atoms with E-state index in [9.17, 15) is 5.11 Å². The van der Waals surface area contributed by atoms with Crippen LogP contribution in [0.15, 0.2) is 159 Å². The van der Waals surface area contributed by atoms with Crippen LogP contribution >= 0.6 is 0 Å². The highest BCUT2D eigenvalue weighted by Crippen LogP contribution is 2.46. The van der Waals surface area contributed by atoms with Gasteiger partial charge in [-0.25, -0.2) is 4.99 Å². The van der Waals surface area contributed by atoms with Gasteiger partial charge < -0.3 is 14.7 Å². The number of allylic oxidation sites excluding steroid dienone is 14. The number of fused-ring (bicyclic) bond motifs is 1. The lowest BCUT2D eigenvalue weighted by atomic mass is 9.63. The fraction of sp³-hybridized carbons (Fsp3) is 0. The van der Waals surface area contributed by atoms with Crippen LogP contribution in [0.25, 0.3) is 0 Å². The normalized spacial score (nSPS) is 14.7. The summed E-state index contributed by atoms with van der Waals surface area (Å²) in [6.07, 6.45) is 25.1. The van der Waals surface area contributed by atoms with E-state index in [1.807, 2.05) is 53.4 Å². The highest BCUT2D eigenvalue weighted by atomic mass is 16.3. The van der Waals surface area contributed by atoms with Gasteiger partial charge in [0.1, 0.15) is 11.6 Å². The Morgan fingerprint density at radius 2 is 1.44 bits per heavy atom. The molecule has 1 aliphatic rings. The number of benzene rings is 1. The molecule has 170 valence electrons. The molecular weight excluding hydrogens is 417 g/mol. The molecule has 1 heterocycles. The first-order valence-corrected chi connectivity index (χ1v) is 10.7. The molecule has 34 heavy (non-hydrogen) atoms. The Balaban J connectivity index is 2.99. The molecule has 0 saturated heterocycles. The first kappa shape index (κ1) is 25.8. The van der Waals surface area contributed by atoms with Gasteiger partial charge in [-0.1, -0.05) is 100 Å². The molecule has 0 spiro atoms. The summed E-state index contributed by atoms with van der Waals surface area (Å²) in [5.41, 5.74) is 3.41. The minimum atomic E-state index is -0.389. The Hall–Kier alpha value is -4.51. The number of phenolic OH excluding ortho intramolecular Hbond substituents is 1. The molecule has 0 atom stereocenters. The first-order valence-electron chi connectivity index (χ1n) is 10.7. The van der Waals surface area contributed by atoms with Gasteiger partial charge in [0.2, 0.25) is 0 Å². The number of hydrogen-bond acceptors (Lipinski definition) is 4. The molecule has 0 unspecified atom stereocenters. The third-order valence-corrected chi connectivity index (χ3v) is 4.80. The Bertz CT molecular complexity index is 1150. The molecule has 5 heteroatoms. The average molecular weight is 447 g/mol. The van der Waals surface area contributed by atoms with E-state index in [-0.39, 0.29) is 12.7 Å². The molecule has 1 aromatic rings. The summed E-state index contributed by atoms with van der Waals surface area (Å²) in [4.78, 5) is 8.78. The van der Waals surface area contributed by atoms with Crippen LogP contribution in [-0.4, -0.2) is 18.3 Å². The van der Waals surface area contributed by atoms with E-state index in [1.54, 1.807) is 54.8 Å². The van der Waals surface area contributed by atoms with Crippen molar-refractivity contribution in [1.29, 1.82) is 0 Å². The van der Waals surface area contributed by atoms with Gasteiger partial charge >= 0.3 is 6.98 Å². The van der Waals surface area contributed by atoms with Gasteiger partial charge in [0.05, 0.1) is 11.4 Å². The summed E-state index contributed by atoms with van der Waals surface area (Å²) in [5.74, 6) is 0.753. The summed E-state index contributed by atoms with van der Waals surface area (Å²) < 4.78 is 0. The number of aromatic hydroxyl groups is 1. The van der Waals surface area contributed by atoms with Crippen LogP contribution in [-0.2, 0) is 0 Å². The maximum Gasteiger partial charge on any atom is 0.421 e. The van der Waals surface area contributed by atoms with Crippen LogP contribution in [0.1, 0.15) is 0 Å². The van der Waals surface area contributed by atoms with Crippen molar-refractivity contribution in [3.63, 3.8) is 0 Å². The highest BCUT2D eigenvalue weighted by Gasteiger charge is 2.45. The molecule has 1 aliphatic heterocycles. The van der Waals surface area contributed by atoms with E-state index in [0.717, 1.165) is 22.5 Å². The van der Waals surface area contributed by atoms with Crippen LogP contribution in [0.3, 0.4) is 0 Å². The highest BCUT2D eigenvalue weighted by molar-refractivity contribution is 6.78. The van der Waals surface area contributed by atoms with Crippen LogP contribution in [0.5, 0.6) is 5.75 Å². The van der Waals surface area contributed by atoms with Gasteiger partial charge in [0.15, 0.2) is 0 Å². The van der Waals surface area contributed by atoms with Gasteiger partial charge in [-0.05, 0) is 35.8 Å². The Kier molecular flexibility index (Phi) is 9.95. The second-order valence-corrected chi connectivity index (χ2v) is 6.98. The molecule has 0 bridgehead atoms. The molecule has 0 aromatic heterocycles. The molecule has 0 radical (unpaired) electrons. The lowest BCUT2D eigenvalue weighted by molar-refractivity contribution is 0.475. The van der Waals surface area contributed by atoms with E-state index in [1.165, 1.54) is 0 Å². The number of phenols is 1. The van der Waals surface area contributed by atoms with Gasteiger partial charge in [0.25, 0.3) is 0 Å². The Morgan fingerprint density at radius 3 is 2.06 bits per heavy atom. The monoisotopic (exact) mass is 447 g/mol. The molecule has 0 saturated carbocycles. The van der Waals surface area contributed by atoms with Crippen molar-refractivity contribution in [3.8, 4) is 5.75 Å². The maximum absolute atomic E-state index is 10.4. The SMILES string of the molecule is C=CC=N/C(=C\C=C)N1B(C(/C=C\C=C)=C/C=C)N(C(/C=C\C=C)=C/C=C)c2ccc(O)cc21. The average Bonchev–Trinajstić information content (AvgIpc) is 3.15. The third kappa shape index (κ3) is 5.84. The Morgan fingerprint density at radius 1 is 0.765 bits per heavy atom. The topological polar surface area (TPSA) is 39.1 Å². The van der Waals surface area contributed by atoms with Gasteiger partial charge in [0, 0.05) is 18.0 Å².